The maximum Gasteiger partial charge on any atom is 0.00694 e. The minimum atomic E-state index is 0.767. The van der Waals surface area contributed by atoms with Crippen molar-refractivity contribution in [2.24, 2.45) is 5.92 Å². The summed E-state index contributed by atoms with van der Waals surface area (Å²) in [4.78, 5) is 0. The van der Waals surface area contributed by atoms with Crippen molar-refractivity contribution in [2.75, 3.05) is 6.54 Å². The lowest BCUT2D eigenvalue weighted by atomic mass is 9.94. The molecule has 104 valence electrons. The van der Waals surface area contributed by atoms with Crippen molar-refractivity contribution < 1.29 is 0 Å². The number of unbranched alkanes of at least 4 members (excludes halogenated alkanes) is 4. The third-order valence-corrected chi connectivity index (χ3v) is 3.62. The van der Waals surface area contributed by atoms with Crippen molar-refractivity contribution in [1.29, 1.82) is 0 Å². The summed E-state index contributed by atoms with van der Waals surface area (Å²) in [5, 5.41) is 3.66. The summed E-state index contributed by atoms with van der Waals surface area (Å²) in [7, 11) is 0. The first-order chi connectivity index (χ1) is 8.24. The van der Waals surface area contributed by atoms with Gasteiger partial charge in [0, 0.05) is 6.04 Å². The highest BCUT2D eigenvalue weighted by molar-refractivity contribution is 4.69. The maximum absolute atomic E-state index is 3.66. The molecule has 2 atom stereocenters. The molecule has 0 bridgehead atoms. The largest absolute Gasteiger partial charge is 0.314 e. The standard InChI is InChI=1S/C16H35N/c1-5-8-9-10-11-13-16(17-7-3)14-15(4)12-6-2/h15-17H,5-14H2,1-4H3. The Morgan fingerprint density at radius 2 is 1.53 bits per heavy atom. The number of hydrogen-bond acceptors (Lipinski definition) is 1. The molecule has 0 spiro atoms. The Balaban J connectivity index is 3.65. The Bertz CT molecular complexity index is 144. The van der Waals surface area contributed by atoms with Crippen LogP contribution in [-0.4, -0.2) is 12.6 Å². The van der Waals surface area contributed by atoms with Crippen molar-refractivity contribution in [1.82, 2.24) is 5.32 Å². The van der Waals surface area contributed by atoms with Gasteiger partial charge in [-0.3, -0.25) is 0 Å². The lowest BCUT2D eigenvalue weighted by molar-refractivity contribution is 0.362. The third-order valence-electron chi connectivity index (χ3n) is 3.62. The molecule has 17 heavy (non-hydrogen) atoms. The summed E-state index contributed by atoms with van der Waals surface area (Å²) in [6, 6.07) is 0.767. The molecule has 0 saturated carbocycles. The molecule has 0 aromatic rings. The lowest BCUT2D eigenvalue weighted by Crippen LogP contribution is -2.30. The highest BCUT2D eigenvalue weighted by Crippen LogP contribution is 2.17. The van der Waals surface area contributed by atoms with E-state index in [1.807, 2.05) is 0 Å². The predicted molar refractivity (Wildman–Crippen MR) is 79.5 cm³/mol. The van der Waals surface area contributed by atoms with Crippen molar-refractivity contribution in [3.8, 4) is 0 Å². The molecular weight excluding hydrogens is 206 g/mol. The zero-order valence-electron chi connectivity index (χ0n) is 12.7. The van der Waals surface area contributed by atoms with Crippen LogP contribution in [0.1, 0.15) is 85.5 Å². The zero-order chi connectivity index (χ0) is 12.9. The summed E-state index contributed by atoms with van der Waals surface area (Å²) in [6.07, 6.45) is 12.5. The van der Waals surface area contributed by atoms with Crippen molar-refractivity contribution >= 4 is 0 Å². The van der Waals surface area contributed by atoms with E-state index in [1.54, 1.807) is 0 Å². The van der Waals surface area contributed by atoms with Gasteiger partial charge in [-0.25, -0.2) is 0 Å². The minimum absolute atomic E-state index is 0.767. The fourth-order valence-electron chi connectivity index (χ4n) is 2.68. The topological polar surface area (TPSA) is 12.0 Å². The van der Waals surface area contributed by atoms with E-state index in [-0.39, 0.29) is 0 Å². The molecular formula is C16H35N. The number of hydrogen-bond donors (Lipinski definition) is 1. The molecule has 0 saturated heterocycles. The molecule has 0 fully saturated rings. The van der Waals surface area contributed by atoms with Gasteiger partial charge >= 0.3 is 0 Å². The van der Waals surface area contributed by atoms with Crippen LogP contribution in [0.4, 0.5) is 0 Å². The first kappa shape index (κ1) is 17.0. The van der Waals surface area contributed by atoms with Crippen molar-refractivity contribution in [3.63, 3.8) is 0 Å². The van der Waals surface area contributed by atoms with Crippen LogP contribution in [0, 0.1) is 5.92 Å². The highest BCUT2D eigenvalue weighted by Gasteiger charge is 2.11. The van der Waals surface area contributed by atoms with Crippen molar-refractivity contribution in [2.45, 2.75) is 91.5 Å². The molecule has 0 aromatic carbocycles. The molecule has 0 heterocycles. The fraction of sp³-hybridized carbons (Fsp3) is 1.00. The summed E-state index contributed by atoms with van der Waals surface area (Å²) in [6.45, 7) is 10.3. The highest BCUT2D eigenvalue weighted by atomic mass is 14.9. The Labute approximate surface area is 110 Å². The zero-order valence-corrected chi connectivity index (χ0v) is 12.7. The van der Waals surface area contributed by atoms with Crippen LogP contribution in [0.2, 0.25) is 0 Å². The normalized spacial score (nSPS) is 14.8. The molecule has 0 rings (SSSR count). The Kier molecular flexibility index (Phi) is 12.4. The van der Waals surface area contributed by atoms with Gasteiger partial charge in [0.2, 0.25) is 0 Å². The van der Waals surface area contributed by atoms with Gasteiger partial charge in [-0.05, 0) is 25.3 Å². The van der Waals surface area contributed by atoms with Gasteiger partial charge in [0.25, 0.3) is 0 Å². The lowest BCUT2D eigenvalue weighted by Gasteiger charge is -2.21. The monoisotopic (exact) mass is 241 g/mol. The minimum Gasteiger partial charge on any atom is -0.314 e. The molecule has 0 aliphatic heterocycles. The summed E-state index contributed by atoms with van der Waals surface area (Å²) in [5.41, 5.74) is 0. The fourth-order valence-corrected chi connectivity index (χ4v) is 2.68. The van der Waals surface area contributed by atoms with Gasteiger partial charge in [-0.15, -0.1) is 0 Å². The van der Waals surface area contributed by atoms with E-state index in [4.69, 9.17) is 0 Å². The second-order valence-corrected chi connectivity index (χ2v) is 5.59. The van der Waals surface area contributed by atoms with Crippen LogP contribution >= 0.6 is 0 Å². The van der Waals surface area contributed by atoms with Crippen molar-refractivity contribution in [3.05, 3.63) is 0 Å². The predicted octanol–water partition coefficient (Wildman–Crippen LogP) is 5.15. The summed E-state index contributed by atoms with van der Waals surface area (Å²) >= 11 is 0. The van der Waals surface area contributed by atoms with E-state index in [9.17, 15) is 0 Å². The molecule has 0 aliphatic carbocycles. The summed E-state index contributed by atoms with van der Waals surface area (Å²) < 4.78 is 0. The van der Waals surface area contributed by atoms with E-state index in [0.717, 1.165) is 18.5 Å². The van der Waals surface area contributed by atoms with Crippen LogP contribution in [0.3, 0.4) is 0 Å². The Hall–Kier alpha value is -0.0400. The first-order valence-corrected chi connectivity index (χ1v) is 7.97. The van der Waals surface area contributed by atoms with Gasteiger partial charge in [0.05, 0.1) is 0 Å². The average molecular weight is 241 g/mol. The van der Waals surface area contributed by atoms with E-state index in [2.05, 4.69) is 33.0 Å². The van der Waals surface area contributed by atoms with Crippen LogP contribution in [-0.2, 0) is 0 Å². The molecule has 0 radical (unpaired) electrons. The van der Waals surface area contributed by atoms with Gasteiger partial charge in [0.1, 0.15) is 0 Å². The Morgan fingerprint density at radius 1 is 0.824 bits per heavy atom. The maximum atomic E-state index is 3.66. The second-order valence-electron chi connectivity index (χ2n) is 5.59. The van der Waals surface area contributed by atoms with Crippen LogP contribution in [0.5, 0.6) is 0 Å². The molecule has 2 unspecified atom stereocenters. The third kappa shape index (κ3) is 10.8. The SMILES string of the molecule is CCCCCCCC(CC(C)CCC)NCC. The smallest absolute Gasteiger partial charge is 0.00694 e. The van der Waals surface area contributed by atoms with Crippen LogP contribution in [0.25, 0.3) is 0 Å². The molecule has 1 nitrogen and oxygen atoms in total. The molecule has 0 aliphatic rings. The van der Waals surface area contributed by atoms with E-state index in [0.29, 0.717) is 0 Å². The van der Waals surface area contributed by atoms with Crippen LogP contribution in [0.15, 0.2) is 0 Å². The van der Waals surface area contributed by atoms with Gasteiger partial charge in [-0.1, -0.05) is 72.6 Å². The van der Waals surface area contributed by atoms with Gasteiger partial charge in [0.15, 0.2) is 0 Å². The van der Waals surface area contributed by atoms with Gasteiger partial charge in [-0.2, -0.15) is 0 Å². The number of rotatable bonds is 12. The molecule has 1 N–H and O–H groups in total. The quantitative estimate of drug-likeness (QED) is 0.466. The molecule has 1 heteroatoms. The number of nitrogens with one attached hydrogen (secondary N) is 1. The van der Waals surface area contributed by atoms with E-state index in [1.165, 1.54) is 57.8 Å². The molecule has 0 aromatic heterocycles. The summed E-state index contributed by atoms with van der Waals surface area (Å²) in [5.74, 6) is 0.889. The van der Waals surface area contributed by atoms with Gasteiger partial charge < -0.3 is 5.32 Å². The Morgan fingerprint density at radius 3 is 2.12 bits per heavy atom. The second kappa shape index (κ2) is 12.4. The average Bonchev–Trinajstić information content (AvgIpc) is 2.29. The molecule has 0 amide bonds. The van der Waals surface area contributed by atoms with E-state index >= 15 is 0 Å². The van der Waals surface area contributed by atoms with E-state index < -0.39 is 0 Å². The van der Waals surface area contributed by atoms with Crippen LogP contribution < -0.4 is 5.32 Å². The first-order valence-electron chi connectivity index (χ1n) is 7.97.